The van der Waals surface area contributed by atoms with Crippen molar-refractivity contribution >= 4 is 0 Å². The van der Waals surface area contributed by atoms with Crippen molar-refractivity contribution < 1.29 is 49.3 Å². The van der Waals surface area contributed by atoms with Crippen LogP contribution in [0.3, 0.4) is 0 Å². The molecule has 238 valence electrons. The summed E-state index contributed by atoms with van der Waals surface area (Å²) in [6.45, 7) is 3.35. The van der Waals surface area contributed by atoms with Gasteiger partial charge in [0.05, 0.1) is 13.2 Å². The van der Waals surface area contributed by atoms with Gasteiger partial charge in [0.15, 0.2) is 23.7 Å². The van der Waals surface area contributed by atoms with Crippen molar-refractivity contribution in [3.63, 3.8) is 0 Å². The van der Waals surface area contributed by atoms with Crippen LogP contribution in [0.5, 0.6) is 5.75 Å². The minimum absolute atomic E-state index is 0.100. The van der Waals surface area contributed by atoms with Crippen molar-refractivity contribution in [3.8, 4) is 28.0 Å². The highest BCUT2D eigenvalue weighted by atomic mass is 19.3. The van der Waals surface area contributed by atoms with Crippen LogP contribution in [0.25, 0.3) is 22.3 Å². The number of unbranched alkanes of at least 4 members (excludes halogenated alkanes) is 2. The Kier molecular flexibility index (Phi) is 9.79. The zero-order valence-electron chi connectivity index (χ0n) is 24.0. The molecule has 0 radical (unpaired) electrons. The molecule has 1 fully saturated rings. The Balaban J connectivity index is 1.30. The van der Waals surface area contributed by atoms with E-state index in [1.165, 1.54) is 18.6 Å². The quantitative estimate of drug-likeness (QED) is 0.0985. The molecule has 3 nitrogen and oxygen atoms in total. The minimum atomic E-state index is -4.76. The molecule has 0 N–H and O–H groups in total. The van der Waals surface area contributed by atoms with Gasteiger partial charge in [-0.15, -0.1) is 0 Å². The third-order valence-electron chi connectivity index (χ3n) is 7.52. The lowest BCUT2D eigenvalue weighted by atomic mass is 9.97. The molecule has 4 aromatic carbocycles. The highest BCUT2D eigenvalue weighted by molar-refractivity contribution is 5.71. The SMILES string of the molecule is CCCCCC1COC(c2ccc(-c3ccc(-c4cc(F)c(C(F)(F)Oc5cc(F)c(F)c(F)c5)c(F)c4)c(F)c3)cc2)OC1. The fraction of sp³-hybridized carbons (Fsp3) is 0.294. The number of alkyl halides is 2. The van der Waals surface area contributed by atoms with Gasteiger partial charge in [-0.2, -0.15) is 8.78 Å². The Morgan fingerprint density at radius 1 is 0.689 bits per heavy atom. The summed E-state index contributed by atoms with van der Waals surface area (Å²) < 4.78 is 130. The molecule has 0 atom stereocenters. The number of hydrogen-bond acceptors (Lipinski definition) is 3. The van der Waals surface area contributed by atoms with Crippen LogP contribution < -0.4 is 4.74 Å². The summed E-state index contributed by atoms with van der Waals surface area (Å²) in [5.41, 5.74) is -0.668. The van der Waals surface area contributed by atoms with E-state index < -0.39 is 58.6 Å². The van der Waals surface area contributed by atoms with E-state index in [4.69, 9.17) is 9.47 Å². The van der Waals surface area contributed by atoms with Crippen molar-refractivity contribution in [3.05, 3.63) is 113 Å². The average molecular weight is 637 g/mol. The first-order valence-electron chi connectivity index (χ1n) is 14.3. The molecule has 0 aromatic heterocycles. The number of halogens is 8. The summed E-state index contributed by atoms with van der Waals surface area (Å²) in [6, 6.07) is 12.1. The predicted molar refractivity (Wildman–Crippen MR) is 150 cm³/mol. The lowest BCUT2D eigenvalue weighted by molar-refractivity contribution is -0.206. The third kappa shape index (κ3) is 7.31. The first-order chi connectivity index (χ1) is 21.5. The van der Waals surface area contributed by atoms with E-state index in [0.717, 1.165) is 30.9 Å². The van der Waals surface area contributed by atoms with Crippen molar-refractivity contribution in [1.82, 2.24) is 0 Å². The smallest absolute Gasteiger partial charge is 0.429 e. The van der Waals surface area contributed by atoms with Crippen LogP contribution in [0.2, 0.25) is 0 Å². The summed E-state index contributed by atoms with van der Waals surface area (Å²) in [4.78, 5) is 0. The monoisotopic (exact) mass is 636 g/mol. The summed E-state index contributed by atoms with van der Waals surface area (Å²) >= 11 is 0. The molecule has 0 bridgehead atoms. The number of benzene rings is 4. The molecule has 0 aliphatic carbocycles. The van der Waals surface area contributed by atoms with Crippen LogP contribution >= 0.6 is 0 Å². The van der Waals surface area contributed by atoms with Crippen LogP contribution in [0.4, 0.5) is 35.1 Å². The zero-order chi connectivity index (χ0) is 32.3. The Morgan fingerprint density at radius 3 is 1.84 bits per heavy atom. The molecule has 0 unspecified atom stereocenters. The van der Waals surface area contributed by atoms with Crippen molar-refractivity contribution in [1.29, 1.82) is 0 Å². The summed E-state index contributed by atoms with van der Waals surface area (Å²) in [6.07, 6.45) is -0.770. The van der Waals surface area contributed by atoms with Gasteiger partial charge in [-0.1, -0.05) is 62.6 Å². The van der Waals surface area contributed by atoms with Crippen LogP contribution in [-0.4, -0.2) is 13.2 Å². The molecule has 5 rings (SSSR count). The van der Waals surface area contributed by atoms with E-state index in [1.54, 1.807) is 24.3 Å². The molecule has 1 heterocycles. The molecule has 1 saturated heterocycles. The van der Waals surface area contributed by atoms with Gasteiger partial charge < -0.3 is 14.2 Å². The number of hydrogen-bond donors (Lipinski definition) is 0. The molecule has 0 amide bonds. The molecule has 1 aliphatic rings. The Bertz CT molecular complexity index is 1600. The Labute approximate surface area is 254 Å². The van der Waals surface area contributed by atoms with Crippen LogP contribution in [-0.2, 0) is 15.6 Å². The molecule has 0 spiro atoms. The van der Waals surface area contributed by atoms with Crippen molar-refractivity contribution in [2.24, 2.45) is 5.92 Å². The van der Waals surface area contributed by atoms with E-state index in [1.807, 2.05) is 0 Å². The second-order valence-electron chi connectivity index (χ2n) is 10.8. The van der Waals surface area contributed by atoms with Crippen LogP contribution in [0.15, 0.2) is 66.7 Å². The maximum atomic E-state index is 15.2. The number of ether oxygens (including phenoxy) is 3. The largest absolute Gasteiger partial charge is 0.432 e. The van der Waals surface area contributed by atoms with E-state index >= 15 is 4.39 Å². The van der Waals surface area contributed by atoms with E-state index in [0.29, 0.717) is 42.4 Å². The van der Waals surface area contributed by atoms with Gasteiger partial charge in [0, 0.05) is 29.2 Å². The second-order valence-corrected chi connectivity index (χ2v) is 10.8. The fourth-order valence-electron chi connectivity index (χ4n) is 5.14. The Morgan fingerprint density at radius 2 is 1.27 bits per heavy atom. The van der Waals surface area contributed by atoms with E-state index in [9.17, 15) is 30.7 Å². The standard InChI is InChI=1S/C34H28F8O3/c1-2-3-4-5-19-17-43-33(44-18-19)21-8-6-20(7-9-21)22-10-11-25(26(35)12-22)23-13-27(36)31(28(37)14-23)34(41,42)45-24-15-29(38)32(40)30(39)16-24/h6-16,19,33H,2-5,17-18H2,1H3. The lowest BCUT2D eigenvalue weighted by Gasteiger charge is -2.29. The van der Waals surface area contributed by atoms with Crippen molar-refractivity contribution in [2.45, 2.75) is 45.0 Å². The molecule has 11 heteroatoms. The maximum absolute atomic E-state index is 15.2. The summed E-state index contributed by atoms with van der Waals surface area (Å²) in [5.74, 6) is -11.0. The summed E-state index contributed by atoms with van der Waals surface area (Å²) in [5, 5.41) is 0. The van der Waals surface area contributed by atoms with Gasteiger partial charge in [-0.25, -0.2) is 26.3 Å². The first-order valence-corrected chi connectivity index (χ1v) is 14.3. The van der Waals surface area contributed by atoms with Crippen LogP contribution in [0, 0.1) is 40.8 Å². The minimum Gasteiger partial charge on any atom is -0.429 e. The van der Waals surface area contributed by atoms with Gasteiger partial charge in [0.25, 0.3) is 0 Å². The normalized spacial score (nSPS) is 17.0. The molecular formula is C34H28F8O3. The second kappa shape index (κ2) is 13.6. The maximum Gasteiger partial charge on any atom is 0.432 e. The van der Waals surface area contributed by atoms with E-state index in [2.05, 4.69) is 11.7 Å². The van der Waals surface area contributed by atoms with Gasteiger partial charge in [-0.3, -0.25) is 0 Å². The topological polar surface area (TPSA) is 27.7 Å². The predicted octanol–water partition coefficient (Wildman–Crippen LogP) is 10.2. The fourth-order valence-corrected chi connectivity index (χ4v) is 5.14. The van der Waals surface area contributed by atoms with Gasteiger partial charge in [0.2, 0.25) is 0 Å². The first kappa shape index (κ1) is 32.4. The molecule has 45 heavy (non-hydrogen) atoms. The molecule has 0 saturated carbocycles. The highest BCUT2D eigenvalue weighted by Crippen LogP contribution is 2.39. The third-order valence-corrected chi connectivity index (χ3v) is 7.52. The molecule has 1 aliphatic heterocycles. The van der Waals surface area contributed by atoms with Crippen molar-refractivity contribution in [2.75, 3.05) is 13.2 Å². The average Bonchev–Trinajstić information content (AvgIpc) is 2.99. The van der Waals surface area contributed by atoms with E-state index in [-0.39, 0.29) is 23.3 Å². The highest BCUT2D eigenvalue weighted by Gasteiger charge is 2.41. The van der Waals surface area contributed by atoms with Gasteiger partial charge in [-0.05, 0) is 41.3 Å². The van der Waals surface area contributed by atoms with Gasteiger partial charge in [0.1, 0.15) is 28.8 Å². The number of rotatable bonds is 10. The van der Waals surface area contributed by atoms with Crippen LogP contribution in [0.1, 0.15) is 50.0 Å². The molecule has 4 aromatic rings. The van der Waals surface area contributed by atoms with Gasteiger partial charge >= 0.3 is 6.11 Å². The lowest BCUT2D eigenvalue weighted by Crippen LogP contribution is -2.27. The molecular weight excluding hydrogens is 608 g/mol. The summed E-state index contributed by atoms with van der Waals surface area (Å²) in [7, 11) is 0. The zero-order valence-corrected chi connectivity index (χ0v) is 24.0. The Hall–Kier alpha value is -3.96.